The van der Waals surface area contributed by atoms with Crippen molar-refractivity contribution >= 4 is 68.3 Å². The van der Waals surface area contributed by atoms with Gasteiger partial charge in [-0.3, -0.25) is 14.5 Å². The van der Waals surface area contributed by atoms with Crippen LogP contribution in [0.15, 0.2) is 65.6 Å². The molecular weight excluding hydrogens is 553 g/mol. The lowest BCUT2D eigenvalue weighted by Crippen LogP contribution is -2.42. The Hall–Kier alpha value is -2.85. The van der Waals surface area contributed by atoms with Crippen LogP contribution in [-0.4, -0.2) is 35.2 Å². The molecular formula is C25H20INO5S. The third-order valence-electron chi connectivity index (χ3n) is 5.27. The summed E-state index contributed by atoms with van der Waals surface area (Å²) >= 11 is 3.00. The number of nitrogens with zero attached hydrogens (tertiary/aromatic N) is 1. The second-order valence-corrected chi connectivity index (χ2v) is 9.52. The van der Waals surface area contributed by atoms with Gasteiger partial charge in [0, 0.05) is 0 Å². The van der Waals surface area contributed by atoms with E-state index in [0.29, 0.717) is 6.61 Å². The zero-order chi connectivity index (χ0) is 23.5. The number of methoxy groups -OCH3 is 1. The number of hydrogen-bond acceptors (Lipinski definition) is 6. The molecule has 0 bridgehead atoms. The van der Waals surface area contributed by atoms with Crippen LogP contribution in [0.3, 0.4) is 0 Å². The first-order valence-corrected chi connectivity index (χ1v) is 12.0. The number of carbonyl (C=O) groups is 3. The molecule has 0 aliphatic carbocycles. The highest BCUT2D eigenvalue weighted by Crippen LogP contribution is 2.34. The summed E-state index contributed by atoms with van der Waals surface area (Å²) in [5, 5.41) is 1.83. The van der Waals surface area contributed by atoms with Crippen LogP contribution in [-0.2, 0) is 20.9 Å². The summed E-state index contributed by atoms with van der Waals surface area (Å²) in [5.74, 6) is -0.414. The van der Waals surface area contributed by atoms with Crippen molar-refractivity contribution in [3.8, 4) is 5.75 Å². The van der Waals surface area contributed by atoms with Gasteiger partial charge in [-0.2, -0.15) is 0 Å². The Balaban J connectivity index is 1.50. The molecule has 3 aromatic carbocycles. The van der Waals surface area contributed by atoms with Gasteiger partial charge < -0.3 is 9.47 Å². The monoisotopic (exact) mass is 573 g/mol. The number of ether oxygens (including phenoxy) is 2. The molecule has 0 aromatic heterocycles. The number of benzene rings is 3. The minimum Gasteiger partial charge on any atom is -0.488 e. The zero-order valence-electron chi connectivity index (χ0n) is 17.9. The molecule has 1 heterocycles. The minimum absolute atomic E-state index is 0.260. The number of halogens is 1. The number of amides is 2. The molecule has 0 unspecified atom stereocenters. The lowest BCUT2D eigenvalue weighted by molar-refractivity contribution is -0.148. The summed E-state index contributed by atoms with van der Waals surface area (Å²) < 4.78 is 11.6. The first kappa shape index (κ1) is 23.3. The lowest BCUT2D eigenvalue weighted by atomic mass is 10.1. The summed E-state index contributed by atoms with van der Waals surface area (Å²) in [5.41, 5.74) is 1.86. The van der Waals surface area contributed by atoms with Crippen molar-refractivity contribution in [1.82, 2.24) is 4.90 Å². The van der Waals surface area contributed by atoms with Crippen LogP contribution in [0.2, 0.25) is 0 Å². The fourth-order valence-corrected chi connectivity index (χ4v) is 5.14. The Labute approximate surface area is 209 Å². The number of imide groups is 1. The van der Waals surface area contributed by atoms with E-state index >= 15 is 0 Å². The average Bonchev–Trinajstić information content (AvgIpc) is 3.10. The number of carbonyl (C=O) groups excluding carboxylic acids is 3. The van der Waals surface area contributed by atoms with Gasteiger partial charge in [0.15, 0.2) is 0 Å². The molecule has 1 saturated heterocycles. The maximum Gasteiger partial charge on any atom is 0.328 e. The summed E-state index contributed by atoms with van der Waals surface area (Å²) in [6.45, 7) is 1.90. The second-order valence-electron chi connectivity index (χ2n) is 7.37. The number of thioether (sulfide) groups is 1. The van der Waals surface area contributed by atoms with E-state index in [0.717, 1.165) is 42.5 Å². The van der Waals surface area contributed by atoms with E-state index in [9.17, 15) is 14.4 Å². The smallest absolute Gasteiger partial charge is 0.328 e. The topological polar surface area (TPSA) is 72.9 Å². The normalized spacial score (nSPS) is 15.8. The van der Waals surface area contributed by atoms with E-state index < -0.39 is 23.2 Å². The molecule has 1 fully saturated rings. The Morgan fingerprint density at radius 1 is 1.12 bits per heavy atom. The van der Waals surface area contributed by atoms with Crippen LogP contribution in [0.5, 0.6) is 5.75 Å². The third-order valence-corrected chi connectivity index (χ3v) is 7.00. The molecule has 0 spiro atoms. The van der Waals surface area contributed by atoms with Crippen LogP contribution < -0.4 is 4.74 Å². The van der Waals surface area contributed by atoms with Crippen molar-refractivity contribution in [2.24, 2.45) is 0 Å². The molecule has 1 aliphatic heterocycles. The first-order valence-electron chi connectivity index (χ1n) is 10.1. The molecule has 33 heavy (non-hydrogen) atoms. The average molecular weight is 573 g/mol. The highest BCUT2D eigenvalue weighted by atomic mass is 127. The van der Waals surface area contributed by atoms with Crippen LogP contribution in [0.4, 0.5) is 4.79 Å². The van der Waals surface area contributed by atoms with Crippen molar-refractivity contribution in [2.75, 3.05) is 7.11 Å². The van der Waals surface area contributed by atoms with Gasteiger partial charge in [-0.15, -0.1) is 0 Å². The van der Waals surface area contributed by atoms with Crippen molar-refractivity contribution in [3.05, 3.63) is 80.3 Å². The fourth-order valence-electron chi connectivity index (χ4n) is 3.54. The lowest BCUT2D eigenvalue weighted by Gasteiger charge is -2.18. The molecule has 0 saturated carbocycles. The third kappa shape index (κ3) is 4.91. The molecule has 0 N–H and O–H groups in total. The van der Waals surface area contributed by atoms with Gasteiger partial charge in [0.2, 0.25) is 0 Å². The van der Waals surface area contributed by atoms with Crippen molar-refractivity contribution in [1.29, 1.82) is 0 Å². The zero-order valence-corrected chi connectivity index (χ0v) is 20.9. The Kier molecular flexibility index (Phi) is 7.04. The van der Waals surface area contributed by atoms with Gasteiger partial charge in [-0.05, 0) is 81.4 Å². The van der Waals surface area contributed by atoms with Gasteiger partial charge >= 0.3 is 5.97 Å². The highest BCUT2D eigenvalue weighted by Gasteiger charge is 2.41. The van der Waals surface area contributed by atoms with Crippen LogP contribution >= 0.6 is 34.4 Å². The van der Waals surface area contributed by atoms with Crippen molar-refractivity contribution in [2.45, 2.75) is 19.6 Å². The number of esters is 1. The molecule has 4 rings (SSSR count). The SMILES string of the molecule is COC(=O)[C@H](C)N1C(=O)S/C(=C/c2ccc(OCc3cccc4ccccc34)c(I)c2)C1=O. The number of rotatable bonds is 6. The maximum absolute atomic E-state index is 12.7. The van der Waals surface area contributed by atoms with Gasteiger partial charge in [-0.1, -0.05) is 48.5 Å². The summed E-state index contributed by atoms with van der Waals surface area (Å²) in [6.07, 6.45) is 1.64. The Bertz CT molecular complexity index is 1280. The van der Waals surface area contributed by atoms with E-state index in [1.807, 2.05) is 36.4 Å². The maximum atomic E-state index is 12.7. The highest BCUT2D eigenvalue weighted by molar-refractivity contribution is 14.1. The molecule has 168 valence electrons. The fraction of sp³-hybridized carbons (Fsp3) is 0.160. The number of fused-ring (bicyclic) bond motifs is 1. The quantitative estimate of drug-likeness (QED) is 0.217. The summed E-state index contributed by atoms with van der Waals surface area (Å²) in [7, 11) is 1.22. The predicted octanol–water partition coefficient (Wildman–Crippen LogP) is 5.62. The first-order chi connectivity index (χ1) is 15.9. The van der Waals surface area contributed by atoms with E-state index in [1.54, 1.807) is 6.08 Å². The van der Waals surface area contributed by atoms with Crippen LogP contribution in [0.25, 0.3) is 16.8 Å². The molecule has 8 heteroatoms. The van der Waals surface area contributed by atoms with Gasteiger partial charge in [0.25, 0.3) is 11.1 Å². The molecule has 2 amide bonds. The Morgan fingerprint density at radius 2 is 1.88 bits per heavy atom. The molecule has 0 radical (unpaired) electrons. The van der Waals surface area contributed by atoms with Crippen molar-refractivity contribution in [3.63, 3.8) is 0 Å². The molecule has 6 nitrogen and oxygen atoms in total. The predicted molar refractivity (Wildman–Crippen MR) is 137 cm³/mol. The van der Waals surface area contributed by atoms with E-state index in [-0.39, 0.29) is 4.91 Å². The summed E-state index contributed by atoms with van der Waals surface area (Å²) in [4.78, 5) is 37.9. The molecule has 3 aromatic rings. The largest absolute Gasteiger partial charge is 0.488 e. The standard InChI is InChI=1S/C25H20INO5S/c1-15(24(29)31-2)27-23(28)22(33-25(27)30)13-16-10-11-21(20(26)12-16)32-14-18-8-5-7-17-6-3-4-9-19(17)18/h3-13,15H,14H2,1-2H3/b22-13+/t15-/m0/s1. The van der Waals surface area contributed by atoms with Crippen LogP contribution in [0.1, 0.15) is 18.1 Å². The molecule has 1 aliphatic rings. The minimum atomic E-state index is -0.974. The number of hydrogen-bond donors (Lipinski definition) is 0. The van der Waals surface area contributed by atoms with Gasteiger partial charge in [-0.25, -0.2) is 4.79 Å². The molecule has 1 atom stereocenters. The van der Waals surface area contributed by atoms with E-state index in [2.05, 4.69) is 51.6 Å². The second kappa shape index (κ2) is 9.96. The van der Waals surface area contributed by atoms with Gasteiger partial charge in [0.1, 0.15) is 18.4 Å². The van der Waals surface area contributed by atoms with Crippen LogP contribution in [0, 0.1) is 3.57 Å². The Morgan fingerprint density at radius 3 is 2.64 bits per heavy atom. The van der Waals surface area contributed by atoms with E-state index in [4.69, 9.17) is 4.74 Å². The van der Waals surface area contributed by atoms with Gasteiger partial charge in [0.05, 0.1) is 15.6 Å². The van der Waals surface area contributed by atoms with E-state index in [1.165, 1.54) is 19.4 Å². The summed E-state index contributed by atoms with van der Waals surface area (Å²) in [6, 6.07) is 18.9. The van der Waals surface area contributed by atoms with Crippen molar-refractivity contribution < 1.29 is 23.9 Å².